The first-order chi connectivity index (χ1) is 23.8. The summed E-state index contributed by atoms with van der Waals surface area (Å²) in [7, 11) is 0. The van der Waals surface area contributed by atoms with E-state index in [2.05, 4.69) is 4.99 Å². The molecule has 0 amide bonds. The number of nitrogens with zero attached hydrogens (tertiary/aromatic N) is 4. The Morgan fingerprint density at radius 1 is 1.04 bits per heavy atom. The molecule has 0 saturated carbocycles. The first kappa shape index (κ1) is 36.2. The Morgan fingerprint density at radius 2 is 1.78 bits per heavy atom. The minimum absolute atomic E-state index is 0.134. The number of aromatic nitrogens is 1. The van der Waals surface area contributed by atoms with Gasteiger partial charge in [-0.15, -0.1) is 0 Å². The smallest absolute Gasteiger partial charge is 0.338 e. The van der Waals surface area contributed by atoms with Crippen molar-refractivity contribution < 1.29 is 33.6 Å². The summed E-state index contributed by atoms with van der Waals surface area (Å²) < 4.78 is 25.6. The number of fused-ring (bicyclic) bond motifs is 1. The molecule has 1 aromatic heterocycles. The van der Waals surface area contributed by atoms with Gasteiger partial charge >= 0.3 is 11.7 Å². The van der Waals surface area contributed by atoms with Gasteiger partial charge in [-0.1, -0.05) is 29.5 Å². The fraction of sp³-hybridized carbons (Fsp3) is 0.265. The molecule has 2 heterocycles. The average molecular weight is 815 g/mol. The third-order valence-electron chi connectivity index (χ3n) is 7.28. The first-order valence-corrected chi connectivity index (χ1v) is 17.3. The number of nitro benzene ring substituents is 2. The minimum Gasteiger partial charge on any atom is -0.491 e. The second-order valence-corrected chi connectivity index (χ2v) is 13.2. The quantitative estimate of drug-likeness (QED) is 0.0694. The second kappa shape index (κ2) is 15.2. The maximum Gasteiger partial charge on any atom is 0.338 e. The molecule has 0 saturated heterocycles. The number of hydrogen-bond donors (Lipinski definition) is 0. The van der Waals surface area contributed by atoms with Crippen molar-refractivity contribution in [1.29, 1.82) is 0 Å². The lowest BCUT2D eigenvalue weighted by atomic mass is 9.95. The molecule has 4 aromatic rings. The van der Waals surface area contributed by atoms with Crippen LogP contribution in [0.2, 0.25) is 0 Å². The molecule has 0 spiro atoms. The number of carbonyl (C=O) groups excluding carboxylic acids is 1. The van der Waals surface area contributed by atoms with E-state index in [1.807, 2.05) is 54.6 Å². The highest BCUT2D eigenvalue weighted by molar-refractivity contribution is 14.1. The van der Waals surface area contributed by atoms with Gasteiger partial charge in [0.2, 0.25) is 5.75 Å². The van der Waals surface area contributed by atoms with Gasteiger partial charge in [0, 0.05) is 11.6 Å². The lowest BCUT2D eigenvalue weighted by molar-refractivity contribution is -0.394. The fourth-order valence-corrected chi connectivity index (χ4v) is 7.08. The summed E-state index contributed by atoms with van der Waals surface area (Å²) in [5, 5.41) is 22.9. The van der Waals surface area contributed by atoms with Gasteiger partial charge in [-0.3, -0.25) is 29.6 Å². The van der Waals surface area contributed by atoms with E-state index in [0.717, 1.165) is 29.5 Å². The Labute approximate surface area is 302 Å². The zero-order chi connectivity index (χ0) is 36.3. The average Bonchev–Trinajstić information content (AvgIpc) is 3.35. The number of thiazole rings is 1. The van der Waals surface area contributed by atoms with Crippen LogP contribution in [0.1, 0.15) is 51.8 Å². The maximum absolute atomic E-state index is 14.2. The molecular formula is C34H31IN4O10S. The summed E-state index contributed by atoms with van der Waals surface area (Å²) in [4.78, 5) is 54.1. The van der Waals surface area contributed by atoms with Crippen LogP contribution in [0, 0.1) is 23.8 Å². The Balaban J connectivity index is 1.65. The summed E-state index contributed by atoms with van der Waals surface area (Å²) >= 11 is 3.13. The number of esters is 1. The zero-order valence-electron chi connectivity index (χ0n) is 27.5. The fourth-order valence-electron chi connectivity index (χ4n) is 5.30. The summed E-state index contributed by atoms with van der Waals surface area (Å²) in [5.41, 5.74) is 0.341. The van der Waals surface area contributed by atoms with Gasteiger partial charge in [0.25, 0.3) is 11.2 Å². The van der Waals surface area contributed by atoms with Crippen LogP contribution >= 0.6 is 33.9 Å². The van der Waals surface area contributed by atoms with Crippen molar-refractivity contribution in [3.05, 3.63) is 120 Å². The van der Waals surface area contributed by atoms with Crippen LogP contribution in [0.3, 0.4) is 0 Å². The van der Waals surface area contributed by atoms with Crippen molar-refractivity contribution in [1.82, 2.24) is 4.57 Å². The van der Waals surface area contributed by atoms with Crippen molar-refractivity contribution in [2.24, 2.45) is 4.99 Å². The lowest BCUT2D eigenvalue weighted by Crippen LogP contribution is -2.40. The van der Waals surface area contributed by atoms with Gasteiger partial charge in [0.1, 0.15) is 11.8 Å². The Kier molecular flexibility index (Phi) is 11.0. The standard InChI is InChI=1S/C34H31IN4O10S/c1-6-46-27-15-20(14-23(35)31(27)49-26-13-12-21(38(42)43)17-24(26)39(44)45)16-28-32(40)37-30(22-10-8-9-11-25(22)48-18(3)4)29(33(41)47-7-2)19(5)36-34(37)50-28/h8-18,30H,6-7H2,1-5H3/b28-16-/t30-/m1/s1. The molecular weight excluding hydrogens is 783 g/mol. The molecule has 5 rings (SSSR count). The number of para-hydroxylation sites is 1. The van der Waals surface area contributed by atoms with Gasteiger partial charge in [-0.25, -0.2) is 9.79 Å². The van der Waals surface area contributed by atoms with E-state index in [0.29, 0.717) is 35.5 Å². The van der Waals surface area contributed by atoms with Crippen LogP contribution in [-0.4, -0.2) is 39.7 Å². The van der Waals surface area contributed by atoms with Gasteiger partial charge < -0.3 is 18.9 Å². The van der Waals surface area contributed by atoms with E-state index in [1.165, 1.54) is 4.57 Å². The predicted octanol–water partition coefficient (Wildman–Crippen LogP) is 6.20. The molecule has 14 nitrogen and oxygen atoms in total. The normalized spacial score (nSPS) is 14.2. The number of carbonyl (C=O) groups is 1. The molecule has 1 aliphatic rings. The van der Waals surface area contributed by atoms with E-state index in [1.54, 1.807) is 45.0 Å². The second-order valence-electron chi connectivity index (χ2n) is 11.0. The monoisotopic (exact) mass is 814 g/mol. The highest BCUT2D eigenvalue weighted by Crippen LogP contribution is 2.42. The molecule has 16 heteroatoms. The van der Waals surface area contributed by atoms with Crippen LogP contribution in [-0.2, 0) is 9.53 Å². The molecule has 0 aliphatic carbocycles. The molecule has 0 radical (unpaired) electrons. The van der Waals surface area contributed by atoms with Crippen molar-refractivity contribution in [2.75, 3.05) is 13.2 Å². The minimum atomic E-state index is -0.880. The van der Waals surface area contributed by atoms with Gasteiger partial charge in [-0.2, -0.15) is 0 Å². The van der Waals surface area contributed by atoms with Gasteiger partial charge in [0.05, 0.1) is 54.6 Å². The molecule has 0 unspecified atom stereocenters. The molecule has 1 aliphatic heterocycles. The van der Waals surface area contributed by atoms with Crippen LogP contribution in [0.25, 0.3) is 6.08 Å². The summed E-state index contributed by atoms with van der Waals surface area (Å²) in [6.45, 7) is 9.28. The first-order valence-electron chi connectivity index (χ1n) is 15.4. The molecule has 3 aromatic carbocycles. The van der Waals surface area contributed by atoms with Crippen molar-refractivity contribution in [2.45, 2.75) is 46.8 Å². The number of hydrogen-bond acceptors (Lipinski definition) is 12. The van der Waals surface area contributed by atoms with Crippen LogP contribution in [0.5, 0.6) is 23.0 Å². The maximum atomic E-state index is 14.2. The summed E-state index contributed by atoms with van der Waals surface area (Å²) in [5.74, 6) is 0.0872. The van der Waals surface area contributed by atoms with Crippen LogP contribution < -0.4 is 29.1 Å². The highest BCUT2D eigenvalue weighted by Gasteiger charge is 2.35. The molecule has 0 N–H and O–H groups in total. The molecule has 0 fully saturated rings. The Bertz CT molecular complexity index is 2230. The van der Waals surface area contributed by atoms with Crippen molar-refractivity contribution in [3.8, 4) is 23.0 Å². The number of halogens is 1. The van der Waals surface area contributed by atoms with E-state index < -0.39 is 38.8 Å². The van der Waals surface area contributed by atoms with Gasteiger partial charge in [-0.05, 0) is 93.1 Å². The topological polar surface area (TPSA) is 175 Å². The van der Waals surface area contributed by atoms with E-state index in [4.69, 9.17) is 18.9 Å². The number of non-ortho nitro benzene ring substituents is 1. The van der Waals surface area contributed by atoms with E-state index in [9.17, 15) is 29.8 Å². The molecule has 1 atom stereocenters. The third kappa shape index (κ3) is 7.40. The SMILES string of the molecule is CCOC(=O)C1=C(C)N=c2s/c(=C\c3cc(I)c(Oc4ccc([N+](=O)[O-])cc4[N+](=O)[O-])c(OCC)c3)c(=O)n2[C@@H]1c1ccccc1OC(C)C. The van der Waals surface area contributed by atoms with Crippen molar-refractivity contribution in [3.63, 3.8) is 0 Å². The Morgan fingerprint density at radius 3 is 2.44 bits per heavy atom. The molecule has 260 valence electrons. The van der Waals surface area contributed by atoms with Crippen LogP contribution in [0.15, 0.2) is 75.7 Å². The number of rotatable bonds is 12. The summed E-state index contributed by atoms with van der Waals surface area (Å²) in [6, 6.07) is 12.8. The third-order valence-corrected chi connectivity index (χ3v) is 9.07. The number of nitro groups is 2. The number of benzene rings is 3. The zero-order valence-corrected chi connectivity index (χ0v) is 30.5. The van der Waals surface area contributed by atoms with E-state index in [-0.39, 0.29) is 42.1 Å². The Hall–Kier alpha value is -5.10. The lowest BCUT2D eigenvalue weighted by Gasteiger charge is -2.26. The van der Waals surface area contributed by atoms with Crippen molar-refractivity contribution >= 4 is 57.3 Å². The van der Waals surface area contributed by atoms with Gasteiger partial charge in [0.15, 0.2) is 16.3 Å². The highest BCUT2D eigenvalue weighted by atomic mass is 127. The number of allylic oxidation sites excluding steroid dienone is 1. The molecule has 50 heavy (non-hydrogen) atoms. The van der Waals surface area contributed by atoms with E-state index >= 15 is 0 Å². The predicted molar refractivity (Wildman–Crippen MR) is 193 cm³/mol. The largest absolute Gasteiger partial charge is 0.491 e. The summed E-state index contributed by atoms with van der Waals surface area (Å²) in [6.07, 6.45) is 1.48. The molecule has 0 bridgehead atoms. The number of ether oxygens (including phenoxy) is 4. The van der Waals surface area contributed by atoms with Crippen LogP contribution in [0.4, 0.5) is 11.4 Å².